The summed E-state index contributed by atoms with van der Waals surface area (Å²) in [7, 11) is 0. The molecular weight excluding hydrogens is 294 g/mol. The molecule has 110 valence electrons. The van der Waals surface area contributed by atoms with Crippen molar-refractivity contribution in [1.82, 2.24) is 5.32 Å². The van der Waals surface area contributed by atoms with Crippen LogP contribution >= 0.6 is 11.6 Å². The standard InChI is InChI=1S/C12H13ClF2N2O3/c1-12(2,5-13)6-16-11(18)7-3-8(14)9(15)4-10(7)17(19)20/h3-4H,5-6H2,1-2H3,(H,16,18). The third-order valence-corrected chi connectivity index (χ3v) is 3.29. The van der Waals surface area contributed by atoms with E-state index in [9.17, 15) is 23.7 Å². The molecule has 0 saturated heterocycles. The van der Waals surface area contributed by atoms with Gasteiger partial charge in [0, 0.05) is 12.4 Å². The number of hydrogen-bond acceptors (Lipinski definition) is 3. The highest BCUT2D eigenvalue weighted by Crippen LogP contribution is 2.23. The Morgan fingerprint density at radius 1 is 1.40 bits per heavy atom. The zero-order valence-electron chi connectivity index (χ0n) is 10.9. The first-order chi connectivity index (χ1) is 9.18. The second kappa shape index (κ2) is 6.13. The highest BCUT2D eigenvalue weighted by molar-refractivity contribution is 6.18. The number of halogens is 3. The molecule has 1 amide bonds. The largest absolute Gasteiger partial charge is 0.351 e. The molecule has 0 aliphatic rings. The number of nitrogens with zero attached hydrogens (tertiary/aromatic N) is 1. The molecule has 0 bridgehead atoms. The van der Waals surface area contributed by atoms with Gasteiger partial charge in [-0.05, 0) is 11.5 Å². The lowest BCUT2D eigenvalue weighted by atomic mass is 9.96. The van der Waals surface area contributed by atoms with Crippen molar-refractivity contribution in [1.29, 1.82) is 0 Å². The lowest BCUT2D eigenvalue weighted by Gasteiger charge is -2.21. The van der Waals surface area contributed by atoms with Gasteiger partial charge in [0.2, 0.25) is 0 Å². The normalized spacial score (nSPS) is 11.2. The zero-order valence-corrected chi connectivity index (χ0v) is 11.6. The van der Waals surface area contributed by atoms with Gasteiger partial charge in [0.1, 0.15) is 5.56 Å². The molecule has 0 atom stereocenters. The predicted octanol–water partition coefficient (Wildman–Crippen LogP) is 2.87. The number of alkyl halides is 1. The summed E-state index contributed by atoms with van der Waals surface area (Å²) in [6.07, 6.45) is 0. The van der Waals surface area contributed by atoms with E-state index in [4.69, 9.17) is 11.6 Å². The van der Waals surface area contributed by atoms with E-state index in [0.29, 0.717) is 12.1 Å². The van der Waals surface area contributed by atoms with Gasteiger partial charge >= 0.3 is 0 Å². The van der Waals surface area contributed by atoms with Crippen molar-refractivity contribution in [2.24, 2.45) is 5.41 Å². The second-order valence-corrected chi connectivity index (χ2v) is 5.29. The van der Waals surface area contributed by atoms with Crippen LogP contribution in [0.4, 0.5) is 14.5 Å². The number of carbonyl (C=O) groups is 1. The summed E-state index contributed by atoms with van der Waals surface area (Å²) in [4.78, 5) is 21.7. The first-order valence-corrected chi connectivity index (χ1v) is 6.19. The molecule has 0 saturated carbocycles. The van der Waals surface area contributed by atoms with Crippen LogP contribution < -0.4 is 5.32 Å². The third-order valence-electron chi connectivity index (χ3n) is 2.57. The summed E-state index contributed by atoms with van der Waals surface area (Å²) in [6.45, 7) is 3.70. The minimum atomic E-state index is -1.38. The summed E-state index contributed by atoms with van der Waals surface area (Å²) in [5.41, 5.74) is -1.74. The van der Waals surface area contributed by atoms with Crippen molar-refractivity contribution in [3.8, 4) is 0 Å². The Bertz CT molecular complexity index is 550. The first kappa shape index (κ1) is 16.3. The number of nitro groups is 1. The molecular formula is C12H13ClF2N2O3. The number of amides is 1. The first-order valence-electron chi connectivity index (χ1n) is 5.65. The Kier molecular flexibility index (Phi) is 4.99. The second-order valence-electron chi connectivity index (χ2n) is 5.02. The topological polar surface area (TPSA) is 72.2 Å². The number of rotatable bonds is 5. The van der Waals surface area contributed by atoms with Crippen LogP contribution in [0.25, 0.3) is 0 Å². The van der Waals surface area contributed by atoms with Gasteiger partial charge in [-0.1, -0.05) is 13.8 Å². The molecule has 5 nitrogen and oxygen atoms in total. The number of nitro benzene ring substituents is 1. The van der Waals surface area contributed by atoms with Crippen molar-refractivity contribution in [3.05, 3.63) is 39.4 Å². The molecule has 0 heterocycles. The van der Waals surface area contributed by atoms with Gasteiger partial charge in [0.05, 0.1) is 11.0 Å². The van der Waals surface area contributed by atoms with E-state index < -0.39 is 39.1 Å². The molecule has 0 radical (unpaired) electrons. The van der Waals surface area contributed by atoms with Gasteiger partial charge in [-0.25, -0.2) is 8.78 Å². The number of nitrogens with one attached hydrogen (secondary N) is 1. The Hall–Kier alpha value is -1.76. The molecule has 1 N–H and O–H groups in total. The fourth-order valence-corrected chi connectivity index (χ4v) is 1.43. The average molecular weight is 307 g/mol. The van der Waals surface area contributed by atoms with E-state index in [0.717, 1.165) is 0 Å². The van der Waals surface area contributed by atoms with Crippen LogP contribution in [0.3, 0.4) is 0 Å². The number of benzene rings is 1. The highest BCUT2D eigenvalue weighted by Gasteiger charge is 2.25. The molecule has 1 aromatic rings. The van der Waals surface area contributed by atoms with Gasteiger partial charge in [-0.15, -0.1) is 11.6 Å². The highest BCUT2D eigenvalue weighted by atomic mass is 35.5. The lowest BCUT2D eigenvalue weighted by molar-refractivity contribution is -0.385. The van der Waals surface area contributed by atoms with Gasteiger partial charge in [-0.2, -0.15) is 0 Å². The molecule has 1 aromatic carbocycles. The van der Waals surface area contributed by atoms with E-state index >= 15 is 0 Å². The van der Waals surface area contributed by atoms with Crippen LogP contribution in [-0.2, 0) is 0 Å². The van der Waals surface area contributed by atoms with Crippen molar-refractivity contribution in [3.63, 3.8) is 0 Å². The average Bonchev–Trinajstić information content (AvgIpc) is 2.38. The fraction of sp³-hybridized carbons (Fsp3) is 0.417. The van der Waals surface area contributed by atoms with Crippen LogP contribution in [0.15, 0.2) is 12.1 Å². The quantitative estimate of drug-likeness (QED) is 0.516. The smallest absolute Gasteiger partial charge is 0.285 e. The van der Waals surface area contributed by atoms with Gasteiger partial charge < -0.3 is 5.32 Å². The molecule has 0 fully saturated rings. The Labute approximate surface area is 119 Å². The van der Waals surface area contributed by atoms with Gasteiger partial charge in [0.15, 0.2) is 11.6 Å². The van der Waals surface area contributed by atoms with Crippen LogP contribution in [0.2, 0.25) is 0 Å². The fourth-order valence-electron chi connectivity index (χ4n) is 1.33. The van der Waals surface area contributed by atoms with Crippen molar-refractivity contribution >= 4 is 23.2 Å². The monoisotopic (exact) mass is 306 g/mol. The maximum absolute atomic E-state index is 13.1. The van der Waals surface area contributed by atoms with Gasteiger partial charge in [0.25, 0.3) is 11.6 Å². The van der Waals surface area contributed by atoms with Crippen LogP contribution in [-0.4, -0.2) is 23.3 Å². The summed E-state index contributed by atoms with van der Waals surface area (Å²) in [6, 6.07) is 0.896. The predicted molar refractivity (Wildman–Crippen MR) is 69.8 cm³/mol. The molecule has 0 unspecified atom stereocenters. The maximum atomic E-state index is 13.1. The summed E-state index contributed by atoms with van der Waals surface area (Å²) in [5, 5.41) is 13.2. The van der Waals surface area contributed by atoms with Crippen molar-refractivity contribution < 1.29 is 18.5 Å². The van der Waals surface area contributed by atoms with E-state index in [1.165, 1.54) is 0 Å². The molecule has 20 heavy (non-hydrogen) atoms. The summed E-state index contributed by atoms with van der Waals surface area (Å²) >= 11 is 5.68. The van der Waals surface area contributed by atoms with Gasteiger partial charge in [-0.3, -0.25) is 14.9 Å². The minimum absolute atomic E-state index is 0.144. The van der Waals surface area contributed by atoms with E-state index in [2.05, 4.69) is 5.32 Å². The molecule has 8 heteroatoms. The van der Waals surface area contributed by atoms with Crippen molar-refractivity contribution in [2.45, 2.75) is 13.8 Å². The summed E-state index contributed by atoms with van der Waals surface area (Å²) in [5.74, 6) is -3.30. The Morgan fingerprint density at radius 3 is 2.45 bits per heavy atom. The molecule has 0 aliphatic carbocycles. The van der Waals surface area contributed by atoms with Crippen molar-refractivity contribution in [2.75, 3.05) is 12.4 Å². The lowest BCUT2D eigenvalue weighted by Crippen LogP contribution is -2.35. The van der Waals surface area contributed by atoms with E-state index in [1.807, 2.05) is 0 Å². The van der Waals surface area contributed by atoms with E-state index in [-0.39, 0.29) is 12.4 Å². The maximum Gasteiger partial charge on any atom is 0.285 e. The Morgan fingerprint density at radius 2 is 1.95 bits per heavy atom. The number of hydrogen-bond donors (Lipinski definition) is 1. The third kappa shape index (κ3) is 3.86. The van der Waals surface area contributed by atoms with Crippen LogP contribution in [0.5, 0.6) is 0 Å². The number of carbonyl (C=O) groups excluding carboxylic acids is 1. The molecule has 0 spiro atoms. The van der Waals surface area contributed by atoms with Crippen LogP contribution in [0, 0.1) is 27.2 Å². The molecule has 0 aliphatic heterocycles. The zero-order chi connectivity index (χ0) is 15.5. The Balaban J connectivity index is 3.04. The summed E-state index contributed by atoms with van der Waals surface area (Å²) < 4.78 is 26.1. The van der Waals surface area contributed by atoms with E-state index in [1.54, 1.807) is 13.8 Å². The van der Waals surface area contributed by atoms with Crippen LogP contribution in [0.1, 0.15) is 24.2 Å². The SMILES string of the molecule is CC(C)(CCl)CNC(=O)c1cc(F)c(F)cc1[N+](=O)[O-]. The molecule has 0 aromatic heterocycles. The molecule has 1 rings (SSSR count). The minimum Gasteiger partial charge on any atom is -0.351 e.